The van der Waals surface area contributed by atoms with Crippen molar-refractivity contribution in [2.24, 2.45) is 5.92 Å². The van der Waals surface area contributed by atoms with Crippen LogP contribution in [0.15, 0.2) is 0 Å². The van der Waals surface area contributed by atoms with E-state index >= 15 is 0 Å². The standard InChI is InChI=1S/C13H28N2O2S/c1-5-11(2)13-10-15(8-9-18(4,16)17)12(3)6-7-14-13/h11-14H,5-10H2,1-4H3. The van der Waals surface area contributed by atoms with Gasteiger partial charge in [-0.1, -0.05) is 20.3 Å². The molecule has 1 N–H and O–H groups in total. The topological polar surface area (TPSA) is 49.4 Å². The maximum absolute atomic E-state index is 11.3. The highest BCUT2D eigenvalue weighted by atomic mass is 32.2. The highest BCUT2D eigenvalue weighted by Gasteiger charge is 2.25. The smallest absolute Gasteiger partial charge is 0.148 e. The van der Waals surface area contributed by atoms with Crippen LogP contribution in [0.1, 0.15) is 33.6 Å². The first-order valence-corrected chi connectivity index (χ1v) is 9.04. The van der Waals surface area contributed by atoms with Crippen LogP contribution in [0, 0.1) is 5.92 Å². The number of rotatable bonds is 5. The van der Waals surface area contributed by atoms with Crippen LogP contribution in [-0.2, 0) is 9.84 Å². The summed E-state index contributed by atoms with van der Waals surface area (Å²) in [6, 6.07) is 0.952. The van der Waals surface area contributed by atoms with E-state index in [9.17, 15) is 8.42 Å². The molecule has 4 nitrogen and oxygen atoms in total. The van der Waals surface area contributed by atoms with E-state index in [1.54, 1.807) is 0 Å². The first-order valence-electron chi connectivity index (χ1n) is 6.98. The van der Waals surface area contributed by atoms with Gasteiger partial charge in [-0.15, -0.1) is 0 Å². The lowest BCUT2D eigenvalue weighted by atomic mass is 9.99. The Hall–Kier alpha value is -0.130. The molecule has 108 valence electrons. The van der Waals surface area contributed by atoms with E-state index in [2.05, 4.69) is 31.0 Å². The lowest BCUT2D eigenvalue weighted by Gasteiger charge is -2.31. The molecule has 0 bridgehead atoms. The van der Waals surface area contributed by atoms with Gasteiger partial charge in [-0.3, -0.25) is 4.90 Å². The van der Waals surface area contributed by atoms with Crippen molar-refractivity contribution in [1.29, 1.82) is 0 Å². The van der Waals surface area contributed by atoms with Crippen molar-refractivity contribution in [3.63, 3.8) is 0 Å². The predicted octanol–water partition coefficient (Wildman–Crippen LogP) is 1.13. The molecule has 0 aliphatic carbocycles. The van der Waals surface area contributed by atoms with Crippen LogP contribution in [0.4, 0.5) is 0 Å². The van der Waals surface area contributed by atoms with Crippen molar-refractivity contribution in [2.75, 3.05) is 31.6 Å². The third-order valence-electron chi connectivity index (χ3n) is 4.10. The third-order valence-corrected chi connectivity index (χ3v) is 5.03. The van der Waals surface area contributed by atoms with Crippen LogP contribution in [0.25, 0.3) is 0 Å². The molecule has 1 heterocycles. The largest absolute Gasteiger partial charge is 0.312 e. The van der Waals surface area contributed by atoms with Gasteiger partial charge in [0.05, 0.1) is 5.75 Å². The fourth-order valence-electron chi connectivity index (χ4n) is 2.42. The minimum Gasteiger partial charge on any atom is -0.312 e. The maximum atomic E-state index is 11.3. The maximum Gasteiger partial charge on any atom is 0.148 e. The molecule has 0 aromatic rings. The van der Waals surface area contributed by atoms with Crippen LogP contribution >= 0.6 is 0 Å². The van der Waals surface area contributed by atoms with E-state index in [1.807, 2.05) is 0 Å². The lowest BCUT2D eigenvalue weighted by molar-refractivity contribution is 0.198. The molecule has 1 fully saturated rings. The Balaban J connectivity index is 2.61. The third kappa shape index (κ3) is 5.24. The second-order valence-corrected chi connectivity index (χ2v) is 7.97. The molecule has 0 saturated carbocycles. The molecule has 0 aromatic heterocycles. The van der Waals surface area contributed by atoms with Crippen molar-refractivity contribution in [2.45, 2.75) is 45.7 Å². The second kappa shape index (κ2) is 6.87. The highest BCUT2D eigenvalue weighted by molar-refractivity contribution is 7.90. The average molecular weight is 276 g/mol. The lowest BCUT2D eigenvalue weighted by Crippen LogP contribution is -2.44. The molecule has 5 heteroatoms. The summed E-state index contributed by atoms with van der Waals surface area (Å²) in [6.07, 6.45) is 3.57. The van der Waals surface area contributed by atoms with Gasteiger partial charge in [-0.2, -0.15) is 0 Å². The normalized spacial score (nSPS) is 28.9. The van der Waals surface area contributed by atoms with Crippen LogP contribution in [-0.4, -0.2) is 57.0 Å². The summed E-state index contributed by atoms with van der Waals surface area (Å²) in [7, 11) is -2.86. The second-order valence-electron chi connectivity index (χ2n) is 5.71. The average Bonchev–Trinajstić information content (AvgIpc) is 2.47. The van der Waals surface area contributed by atoms with Crippen molar-refractivity contribution in [3.8, 4) is 0 Å². The highest BCUT2D eigenvalue weighted by Crippen LogP contribution is 2.15. The first-order chi connectivity index (χ1) is 8.33. The van der Waals surface area contributed by atoms with E-state index in [0.29, 0.717) is 24.5 Å². The summed E-state index contributed by atoms with van der Waals surface area (Å²) in [4.78, 5) is 2.33. The first kappa shape index (κ1) is 15.9. The molecule has 0 radical (unpaired) electrons. The number of hydrogen-bond donors (Lipinski definition) is 1. The zero-order valence-corrected chi connectivity index (χ0v) is 13.0. The van der Waals surface area contributed by atoms with Gasteiger partial charge >= 0.3 is 0 Å². The molecule has 3 atom stereocenters. The van der Waals surface area contributed by atoms with Crippen LogP contribution in [0.3, 0.4) is 0 Å². The molecule has 1 saturated heterocycles. The number of nitrogens with one attached hydrogen (secondary N) is 1. The summed E-state index contributed by atoms with van der Waals surface area (Å²) in [6.45, 7) is 9.33. The summed E-state index contributed by atoms with van der Waals surface area (Å²) in [5.74, 6) is 0.904. The molecular weight excluding hydrogens is 248 g/mol. The summed E-state index contributed by atoms with van der Waals surface area (Å²) in [5, 5.41) is 3.60. The van der Waals surface area contributed by atoms with Gasteiger partial charge in [0.2, 0.25) is 0 Å². The molecule has 0 amide bonds. The molecule has 1 aliphatic heterocycles. The molecule has 3 unspecified atom stereocenters. The van der Waals surface area contributed by atoms with E-state index in [0.717, 1.165) is 25.9 Å². The van der Waals surface area contributed by atoms with E-state index in [4.69, 9.17) is 0 Å². The van der Waals surface area contributed by atoms with Gasteiger partial charge in [-0.05, 0) is 25.8 Å². The Morgan fingerprint density at radius 2 is 2.11 bits per heavy atom. The molecule has 0 spiro atoms. The Kier molecular flexibility index (Phi) is 6.08. The predicted molar refractivity (Wildman–Crippen MR) is 76.6 cm³/mol. The number of nitrogens with zero attached hydrogens (tertiary/aromatic N) is 1. The van der Waals surface area contributed by atoms with Crippen molar-refractivity contribution in [3.05, 3.63) is 0 Å². The zero-order valence-electron chi connectivity index (χ0n) is 12.1. The fourth-order valence-corrected chi connectivity index (χ4v) is 2.98. The Bertz CT molecular complexity index is 343. The summed E-state index contributed by atoms with van der Waals surface area (Å²) >= 11 is 0. The SMILES string of the molecule is CCC(C)C1CN(CCS(C)(=O)=O)C(C)CCN1. The Labute approximate surface area is 112 Å². The quantitative estimate of drug-likeness (QED) is 0.818. The Morgan fingerprint density at radius 3 is 2.67 bits per heavy atom. The molecular formula is C13H28N2O2S. The fraction of sp³-hybridized carbons (Fsp3) is 1.00. The molecule has 1 rings (SSSR count). The summed E-state index contributed by atoms with van der Waals surface area (Å²) < 4.78 is 22.6. The van der Waals surface area contributed by atoms with Crippen molar-refractivity contribution < 1.29 is 8.42 Å². The minimum absolute atomic E-state index is 0.268. The van der Waals surface area contributed by atoms with Crippen LogP contribution in [0.2, 0.25) is 0 Å². The number of hydrogen-bond acceptors (Lipinski definition) is 4. The Morgan fingerprint density at radius 1 is 1.44 bits per heavy atom. The van der Waals surface area contributed by atoms with Crippen molar-refractivity contribution in [1.82, 2.24) is 10.2 Å². The molecule has 0 aromatic carbocycles. The van der Waals surface area contributed by atoms with Crippen molar-refractivity contribution >= 4 is 9.84 Å². The van der Waals surface area contributed by atoms with Gasteiger partial charge in [0.15, 0.2) is 0 Å². The monoisotopic (exact) mass is 276 g/mol. The van der Waals surface area contributed by atoms with Crippen LogP contribution in [0.5, 0.6) is 0 Å². The van der Waals surface area contributed by atoms with Gasteiger partial charge in [0.1, 0.15) is 9.84 Å². The number of sulfone groups is 1. The zero-order chi connectivity index (χ0) is 13.8. The van der Waals surface area contributed by atoms with Gasteiger partial charge < -0.3 is 5.32 Å². The van der Waals surface area contributed by atoms with Gasteiger partial charge in [0.25, 0.3) is 0 Å². The van der Waals surface area contributed by atoms with Crippen LogP contribution < -0.4 is 5.32 Å². The molecule has 1 aliphatic rings. The van der Waals surface area contributed by atoms with Gasteiger partial charge in [-0.25, -0.2) is 8.42 Å². The van der Waals surface area contributed by atoms with E-state index < -0.39 is 9.84 Å². The minimum atomic E-state index is -2.86. The van der Waals surface area contributed by atoms with Gasteiger partial charge in [0, 0.05) is 31.4 Å². The van der Waals surface area contributed by atoms with E-state index in [-0.39, 0.29) is 5.75 Å². The molecule has 18 heavy (non-hydrogen) atoms. The van der Waals surface area contributed by atoms with E-state index in [1.165, 1.54) is 6.26 Å². The summed E-state index contributed by atoms with van der Waals surface area (Å²) in [5.41, 5.74) is 0.